The van der Waals surface area contributed by atoms with Crippen LogP contribution in [-0.2, 0) is 4.74 Å². The number of nitrogens with zero attached hydrogens (tertiary/aromatic N) is 2. The standard InChI is InChI=1S/C16H33N3O/c1-4-18-9-10-20-16(12-18)13-19-7-5-15(6-8-19)11-17-14(2)3/h14-17H,4-13H2,1-3H3. The van der Waals surface area contributed by atoms with Gasteiger partial charge >= 0.3 is 0 Å². The highest BCUT2D eigenvalue weighted by Gasteiger charge is 2.25. The van der Waals surface area contributed by atoms with Crippen LogP contribution in [0.15, 0.2) is 0 Å². The van der Waals surface area contributed by atoms with Crippen LogP contribution in [0.25, 0.3) is 0 Å². The van der Waals surface area contributed by atoms with Gasteiger partial charge in [-0.3, -0.25) is 4.90 Å². The van der Waals surface area contributed by atoms with Gasteiger partial charge in [-0.25, -0.2) is 0 Å². The van der Waals surface area contributed by atoms with Gasteiger partial charge in [0.25, 0.3) is 0 Å². The highest BCUT2D eigenvalue weighted by molar-refractivity contribution is 4.79. The van der Waals surface area contributed by atoms with Gasteiger partial charge in [0, 0.05) is 25.7 Å². The molecule has 1 N–H and O–H groups in total. The SMILES string of the molecule is CCN1CCOC(CN2CCC(CNC(C)C)CC2)C1. The first kappa shape index (κ1) is 16.2. The van der Waals surface area contributed by atoms with Crippen LogP contribution in [0.1, 0.15) is 33.6 Å². The Hall–Kier alpha value is -0.160. The molecule has 0 bridgehead atoms. The number of nitrogens with one attached hydrogen (secondary N) is 1. The topological polar surface area (TPSA) is 27.7 Å². The number of morpholine rings is 1. The van der Waals surface area contributed by atoms with Crippen LogP contribution in [0, 0.1) is 5.92 Å². The van der Waals surface area contributed by atoms with E-state index in [9.17, 15) is 0 Å². The number of likely N-dealkylation sites (N-methyl/N-ethyl adjacent to an activating group) is 1. The Bertz CT molecular complexity index is 264. The predicted molar refractivity (Wildman–Crippen MR) is 84.2 cm³/mol. The van der Waals surface area contributed by atoms with Crippen molar-refractivity contribution in [2.75, 3.05) is 52.4 Å². The van der Waals surface area contributed by atoms with E-state index in [1.54, 1.807) is 0 Å². The number of piperidine rings is 1. The first-order chi connectivity index (χ1) is 9.67. The minimum Gasteiger partial charge on any atom is -0.374 e. The fraction of sp³-hybridized carbons (Fsp3) is 1.00. The number of likely N-dealkylation sites (tertiary alicyclic amines) is 1. The summed E-state index contributed by atoms with van der Waals surface area (Å²) in [7, 11) is 0. The van der Waals surface area contributed by atoms with Crippen molar-refractivity contribution in [2.45, 2.75) is 45.8 Å². The lowest BCUT2D eigenvalue weighted by atomic mass is 9.96. The molecule has 0 spiro atoms. The van der Waals surface area contributed by atoms with Crippen molar-refractivity contribution in [1.82, 2.24) is 15.1 Å². The van der Waals surface area contributed by atoms with Crippen molar-refractivity contribution in [3.05, 3.63) is 0 Å². The Morgan fingerprint density at radius 2 is 1.90 bits per heavy atom. The molecule has 2 aliphatic rings. The second-order valence-electron chi connectivity index (χ2n) is 6.69. The molecule has 2 heterocycles. The summed E-state index contributed by atoms with van der Waals surface area (Å²) in [6.07, 6.45) is 3.10. The van der Waals surface area contributed by atoms with Crippen LogP contribution in [0.4, 0.5) is 0 Å². The second-order valence-corrected chi connectivity index (χ2v) is 6.69. The van der Waals surface area contributed by atoms with Crippen LogP contribution >= 0.6 is 0 Å². The van der Waals surface area contributed by atoms with Crippen LogP contribution in [0.5, 0.6) is 0 Å². The lowest BCUT2D eigenvalue weighted by Gasteiger charge is -2.38. The molecule has 0 aliphatic carbocycles. The highest BCUT2D eigenvalue weighted by Crippen LogP contribution is 2.18. The van der Waals surface area contributed by atoms with Crippen LogP contribution in [-0.4, -0.2) is 74.4 Å². The largest absolute Gasteiger partial charge is 0.374 e. The van der Waals surface area contributed by atoms with Crippen LogP contribution in [0.3, 0.4) is 0 Å². The Kier molecular flexibility index (Phi) is 6.75. The van der Waals surface area contributed by atoms with Gasteiger partial charge < -0.3 is 15.0 Å². The molecule has 1 unspecified atom stereocenters. The molecule has 0 radical (unpaired) electrons. The van der Waals surface area contributed by atoms with E-state index >= 15 is 0 Å². The summed E-state index contributed by atoms with van der Waals surface area (Å²) in [6.45, 7) is 15.8. The molecule has 4 heteroatoms. The molecular formula is C16H33N3O. The zero-order chi connectivity index (χ0) is 14.4. The minimum absolute atomic E-state index is 0.425. The van der Waals surface area contributed by atoms with E-state index in [1.807, 2.05) is 0 Å². The van der Waals surface area contributed by atoms with E-state index in [1.165, 1.54) is 32.5 Å². The number of ether oxygens (including phenoxy) is 1. The maximum atomic E-state index is 5.92. The van der Waals surface area contributed by atoms with Crippen LogP contribution in [0.2, 0.25) is 0 Å². The second kappa shape index (κ2) is 8.32. The lowest BCUT2D eigenvalue weighted by molar-refractivity contribution is -0.0452. The molecule has 2 saturated heterocycles. The van der Waals surface area contributed by atoms with E-state index in [0.29, 0.717) is 12.1 Å². The van der Waals surface area contributed by atoms with Crippen molar-refractivity contribution < 1.29 is 4.74 Å². The predicted octanol–water partition coefficient (Wildman–Crippen LogP) is 1.42. The van der Waals surface area contributed by atoms with E-state index in [2.05, 4.69) is 35.9 Å². The quantitative estimate of drug-likeness (QED) is 0.798. The summed E-state index contributed by atoms with van der Waals surface area (Å²) in [6, 6.07) is 0.615. The van der Waals surface area contributed by atoms with Crippen molar-refractivity contribution in [1.29, 1.82) is 0 Å². The summed E-state index contributed by atoms with van der Waals surface area (Å²) >= 11 is 0. The smallest absolute Gasteiger partial charge is 0.0829 e. The third-order valence-corrected chi connectivity index (χ3v) is 4.65. The normalized spacial score (nSPS) is 27.3. The van der Waals surface area contributed by atoms with Gasteiger partial charge in [-0.05, 0) is 44.9 Å². The van der Waals surface area contributed by atoms with Gasteiger partial charge in [-0.2, -0.15) is 0 Å². The molecule has 20 heavy (non-hydrogen) atoms. The lowest BCUT2D eigenvalue weighted by Crippen LogP contribution is -2.49. The molecular weight excluding hydrogens is 250 g/mol. The molecule has 0 aromatic carbocycles. The number of rotatable bonds is 6. The average Bonchev–Trinajstić information content (AvgIpc) is 2.47. The summed E-state index contributed by atoms with van der Waals surface area (Å²) in [4.78, 5) is 5.11. The third kappa shape index (κ3) is 5.32. The molecule has 0 saturated carbocycles. The zero-order valence-electron chi connectivity index (χ0n) is 13.6. The fourth-order valence-corrected chi connectivity index (χ4v) is 3.24. The molecule has 1 atom stereocenters. The third-order valence-electron chi connectivity index (χ3n) is 4.65. The molecule has 4 nitrogen and oxygen atoms in total. The molecule has 0 amide bonds. The zero-order valence-corrected chi connectivity index (χ0v) is 13.6. The van der Waals surface area contributed by atoms with Gasteiger partial charge in [0.05, 0.1) is 12.7 Å². The Labute approximate surface area is 124 Å². The molecule has 0 aromatic rings. The molecule has 0 aromatic heterocycles. The van der Waals surface area contributed by atoms with E-state index in [0.717, 1.165) is 38.7 Å². The maximum Gasteiger partial charge on any atom is 0.0829 e. The van der Waals surface area contributed by atoms with E-state index in [-0.39, 0.29) is 0 Å². The molecule has 2 rings (SSSR count). The molecule has 118 valence electrons. The Morgan fingerprint density at radius 1 is 1.15 bits per heavy atom. The van der Waals surface area contributed by atoms with Gasteiger partial charge in [-0.1, -0.05) is 20.8 Å². The number of hydrogen-bond donors (Lipinski definition) is 1. The number of hydrogen-bond acceptors (Lipinski definition) is 4. The molecule has 2 aliphatic heterocycles. The monoisotopic (exact) mass is 283 g/mol. The summed E-state index contributed by atoms with van der Waals surface area (Å²) < 4.78 is 5.92. The Balaban J connectivity index is 1.64. The maximum absolute atomic E-state index is 5.92. The first-order valence-corrected chi connectivity index (χ1v) is 8.47. The fourth-order valence-electron chi connectivity index (χ4n) is 3.24. The highest BCUT2D eigenvalue weighted by atomic mass is 16.5. The Morgan fingerprint density at radius 3 is 2.55 bits per heavy atom. The summed E-state index contributed by atoms with van der Waals surface area (Å²) in [5.41, 5.74) is 0. The van der Waals surface area contributed by atoms with Gasteiger partial charge in [0.15, 0.2) is 0 Å². The first-order valence-electron chi connectivity index (χ1n) is 8.47. The van der Waals surface area contributed by atoms with Crippen molar-refractivity contribution >= 4 is 0 Å². The minimum atomic E-state index is 0.425. The van der Waals surface area contributed by atoms with Crippen molar-refractivity contribution in [3.8, 4) is 0 Å². The van der Waals surface area contributed by atoms with Crippen molar-refractivity contribution in [2.24, 2.45) is 5.92 Å². The van der Waals surface area contributed by atoms with E-state index < -0.39 is 0 Å². The molecule has 2 fully saturated rings. The van der Waals surface area contributed by atoms with Gasteiger partial charge in [-0.15, -0.1) is 0 Å². The van der Waals surface area contributed by atoms with Crippen molar-refractivity contribution in [3.63, 3.8) is 0 Å². The van der Waals surface area contributed by atoms with Gasteiger partial charge in [0.2, 0.25) is 0 Å². The average molecular weight is 283 g/mol. The van der Waals surface area contributed by atoms with E-state index in [4.69, 9.17) is 4.74 Å². The summed E-state index contributed by atoms with van der Waals surface area (Å²) in [5.74, 6) is 0.869. The summed E-state index contributed by atoms with van der Waals surface area (Å²) in [5, 5.41) is 3.57. The van der Waals surface area contributed by atoms with Crippen LogP contribution < -0.4 is 5.32 Å². The van der Waals surface area contributed by atoms with Gasteiger partial charge in [0.1, 0.15) is 0 Å².